The molecule has 0 saturated carbocycles. The molecule has 0 aromatic heterocycles. The van der Waals surface area contributed by atoms with E-state index >= 15 is 0 Å². The topological polar surface area (TPSA) is 266 Å². The highest BCUT2D eigenvalue weighted by Gasteiger charge is 2.35. The van der Waals surface area contributed by atoms with Gasteiger partial charge in [0.1, 0.15) is 34.9 Å². The maximum atomic E-state index is 14.3. The van der Waals surface area contributed by atoms with Gasteiger partial charge in [-0.25, -0.2) is 19.2 Å². The van der Waals surface area contributed by atoms with E-state index in [1.54, 1.807) is 62.3 Å². The van der Waals surface area contributed by atoms with Gasteiger partial charge < -0.3 is 61.3 Å². The molecule has 0 fully saturated rings. The van der Waals surface area contributed by atoms with Gasteiger partial charge in [-0.05, 0) is 136 Å². The number of benzene rings is 2. The van der Waals surface area contributed by atoms with Crippen LogP contribution >= 0.6 is 0 Å². The van der Waals surface area contributed by atoms with Gasteiger partial charge in [-0.15, -0.1) is 0 Å². The van der Waals surface area contributed by atoms with E-state index in [-0.39, 0.29) is 45.0 Å². The summed E-state index contributed by atoms with van der Waals surface area (Å²) in [6.45, 7) is 23.2. The molecule has 0 heterocycles. The molecule has 2 rings (SSSR count). The minimum atomic E-state index is -1.77. The molecule has 0 spiro atoms. The molecule has 2 aromatic carbocycles. The minimum absolute atomic E-state index is 0.0180. The second-order valence-corrected chi connectivity index (χ2v) is 21.1. The van der Waals surface area contributed by atoms with Gasteiger partial charge in [-0.3, -0.25) is 14.4 Å². The molecule has 0 bridgehead atoms. The number of carbonyl (C=O) groups excluding carboxylic acids is 6. The quantitative estimate of drug-likeness (QED) is 0.0287. The Morgan fingerprint density at radius 1 is 0.634 bits per heavy atom. The smallest absolute Gasteiger partial charge is 0.410 e. The van der Waals surface area contributed by atoms with Gasteiger partial charge in [0, 0.05) is 26.2 Å². The minimum Gasteiger partial charge on any atom is -0.480 e. The zero-order chi connectivity index (χ0) is 53.7. The van der Waals surface area contributed by atoms with Crippen molar-refractivity contribution >= 4 is 42.0 Å². The molecule has 0 radical (unpaired) electrons. The lowest BCUT2D eigenvalue weighted by Crippen LogP contribution is -2.62. The number of nitrogens with two attached hydrogens (primary N) is 1. The Kier molecular flexibility index (Phi) is 24.8. The first-order chi connectivity index (χ1) is 33.0. The fourth-order valence-electron chi connectivity index (χ4n) is 6.73. The van der Waals surface area contributed by atoms with Gasteiger partial charge in [0.05, 0.1) is 6.10 Å². The number of nitrogens with zero attached hydrogens (tertiary/aromatic N) is 1. The van der Waals surface area contributed by atoms with E-state index in [1.165, 1.54) is 17.4 Å². The van der Waals surface area contributed by atoms with Crippen molar-refractivity contribution in [2.75, 3.05) is 19.7 Å². The first-order valence-electron chi connectivity index (χ1n) is 24.6. The van der Waals surface area contributed by atoms with Crippen molar-refractivity contribution in [3.05, 3.63) is 59.7 Å². The largest absolute Gasteiger partial charge is 0.480 e. The van der Waals surface area contributed by atoms with Crippen LogP contribution in [0.1, 0.15) is 140 Å². The van der Waals surface area contributed by atoms with Crippen molar-refractivity contribution in [1.29, 1.82) is 0 Å². The Morgan fingerprint density at radius 3 is 1.70 bits per heavy atom. The monoisotopic (exact) mass is 998 g/mol. The molecule has 6 amide bonds. The summed E-state index contributed by atoms with van der Waals surface area (Å²) < 4.78 is 22.4. The van der Waals surface area contributed by atoms with Crippen LogP contribution in [0.5, 0.6) is 0 Å². The number of ether oxygens (including phenoxy) is 4. The van der Waals surface area contributed by atoms with E-state index in [9.17, 15) is 38.7 Å². The van der Waals surface area contributed by atoms with E-state index in [4.69, 9.17) is 24.7 Å². The molecule has 0 aliphatic heterocycles. The van der Waals surface area contributed by atoms with Crippen molar-refractivity contribution in [2.24, 2.45) is 11.7 Å². The van der Waals surface area contributed by atoms with Gasteiger partial charge in [0.25, 0.3) is 5.91 Å². The number of amides is 6. The third-order valence-corrected chi connectivity index (χ3v) is 10.3. The maximum Gasteiger partial charge on any atom is 0.410 e. The summed E-state index contributed by atoms with van der Waals surface area (Å²) in [5.74, 6) is -4.14. The molecule has 0 aliphatic rings. The fourth-order valence-corrected chi connectivity index (χ4v) is 6.73. The summed E-state index contributed by atoms with van der Waals surface area (Å²) in [5, 5.41) is 22.3. The van der Waals surface area contributed by atoms with E-state index in [2.05, 4.69) is 57.8 Å². The number of nitrogens with one attached hydrogen (secondary N) is 5. The van der Waals surface area contributed by atoms with Crippen LogP contribution in [0.25, 0.3) is 11.1 Å². The van der Waals surface area contributed by atoms with Gasteiger partial charge in [0.15, 0.2) is 6.17 Å². The van der Waals surface area contributed by atoms with E-state index in [0.29, 0.717) is 12.8 Å². The SMILES string of the molecule is CCCCc1ccc(-c2ccc(CN(CC[C@@H](NC(=O)OC(C)(C)C)C(=O)N[C@@H](C(=O)N[C@H](N)C(=O)N[C@H](CCCCNC(=O)OC(C)(C)C)C(=O)O)[C@H](C)OCC(C)C)C(=O)OC(C)(C)C)cc2)cc1. The van der Waals surface area contributed by atoms with Crippen molar-refractivity contribution in [3.63, 3.8) is 0 Å². The molecule has 0 aliphatic carbocycles. The maximum absolute atomic E-state index is 14.3. The Bertz CT molecular complexity index is 2030. The number of rotatable bonds is 26. The van der Waals surface area contributed by atoms with Gasteiger partial charge in [-0.1, -0.05) is 75.7 Å². The lowest BCUT2D eigenvalue weighted by Gasteiger charge is -2.31. The van der Waals surface area contributed by atoms with E-state index < -0.39 is 89.2 Å². The first kappa shape index (κ1) is 61.2. The van der Waals surface area contributed by atoms with Crippen LogP contribution in [0.4, 0.5) is 14.4 Å². The van der Waals surface area contributed by atoms with Crippen LogP contribution < -0.4 is 32.3 Å². The number of carbonyl (C=O) groups is 7. The van der Waals surface area contributed by atoms with E-state index in [1.807, 2.05) is 38.1 Å². The number of carboxylic acids is 1. The highest BCUT2D eigenvalue weighted by atomic mass is 16.6. The van der Waals surface area contributed by atoms with Crippen molar-refractivity contribution < 1.29 is 57.6 Å². The summed E-state index contributed by atoms with van der Waals surface area (Å²) in [4.78, 5) is 94.0. The number of alkyl carbamates (subject to hydrolysis) is 2. The first-order valence-corrected chi connectivity index (χ1v) is 24.6. The zero-order valence-corrected chi connectivity index (χ0v) is 44.3. The van der Waals surface area contributed by atoms with Crippen LogP contribution in [0.3, 0.4) is 0 Å². The van der Waals surface area contributed by atoms with Crippen LogP contribution in [0, 0.1) is 5.92 Å². The highest BCUT2D eigenvalue weighted by molar-refractivity contribution is 5.94. The highest BCUT2D eigenvalue weighted by Crippen LogP contribution is 2.23. The molecular formula is C52H83N7O12. The van der Waals surface area contributed by atoms with Crippen LogP contribution in [0.2, 0.25) is 0 Å². The molecule has 19 nitrogen and oxygen atoms in total. The summed E-state index contributed by atoms with van der Waals surface area (Å²) in [7, 11) is 0. The Morgan fingerprint density at radius 2 is 1.18 bits per heavy atom. The number of aryl methyl sites for hydroxylation is 1. The van der Waals surface area contributed by atoms with Crippen LogP contribution in [-0.4, -0.2) is 119 Å². The molecule has 0 unspecified atom stereocenters. The number of unbranched alkanes of at least 4 members (excludes halogenated alkanes) is 2. The standard InChI is InChI=1S/C52H83N7O12/c1-14-15-18-35-20-24-37(25-21-35)38-26-22-36(23-27-38)31-59(49(67)71-52(11,12)13)30-28-39(56-48(66)70-51(8,9)10)43(60)57-41(34(4)68-32-33(2)3)44(61)58-42(53)45(62)55-40(46(63)64)19-16-17-29-54-47(65)69-50(5,6)7/h20-27,33-34,39-42H,14-19,28-32,53H2,1-13H3,(H,54,65)(H,55,62)(H,56,66)(H,57,60)(H,58,61)(H,63,64)/t34-,39+,40+,41+,42-/m0/s1. The molecule has 8 N–H and O–H groups in total. The molecule has 2 aromatic rings. The predicted molar refractivity (Wildman–Crippen MR) is 271 cm³/mol. The molecule has 398 valence electrons. The van der Waals surface area contributed by atoms with Gasteiger partial charge in [0.2, 0.25) is 11.8 Å². The summed E-state index contributed by atoms with van der Waals surface area (Å²) >= 11 is 0. The Hall–Kier alpha value is -5.95. The lowest BCUT2D eigenvalue weighted by atomic mass is 10.0. The lowest BCUT2D eigenvalue weighted by molar-refractivity contribution is -0.142. The normalized spacial score (nSPS) is 13.9. The van der Waals surface area contributed by atoms with Crippen LogP contribution in [-0.2, 0) is 51.1 Å². The summed E-state index contributed by atoms with van der Waals surface area (Å²) in [6, 6.07) is 11.9. The Balaban J connectivity index is 2.34. The summed E-state index contributed by atoms with van der Waals surface area (Å²) in [5.41, 5.74) is 7.68. The van der Waals surface area contributed by atoms with Gasteiger partial charge >= 0.3 is 24.2 Å². The summed E-state index contributed by atoms with van der Waals surface area (Å²) in [6.07, 6.45) is -1.26. The second-order valence-electron chi connectivity index (χ2n) is 21.1. The average Bonchev–Trinajstić information content (AvgIpc) is 3.25. The van der Waals surface area contributed by atoms with Crippen molar-refractivity contribution in [2.45, 2.75) is 189 Å². The third kappa shape index (κ3) is 25.1. The van der Waals surface area contributed by atoms with Gasteiger partial charge in [-0.2, -0.15) is 0 Å². The number of hydrogen-bond acceptors (Lipinski definition) is 12. The predicted octanol–water partition coefficient (Wildman–Crippen LogP) is 6.93. The number of carboxylic acid groups (broad SMARTS) is 1. The second kappa shape index (κ2) is 28.8. The molecule has 71 heavy (non-hydrogen) atoms. The number of hydrogen-bond donors (Lipinski definition) is 7. The third-order valence-electron chi connectivity index (χ3n) is 10.3. The molecule has 0 saturated heterocycles. The van der Waals surface area contributed by atoms with Crippen LogP contribution in [0.15, 0.2) is 48.5 Å². The van der Waals surface area contributed by atoms with Crippen molar-refractivity contribution in [1.82, 2.24) is 31.5 Å². The molecule has 5 atom stereocenters. The number of aliphatic carboxylic acids is 1. The van der Waals surface area contributed by atoms with E-state index in [0.717, 1.165) is 36.0 Å². The zero-order valence-electron chi connectivity index (χ0n) is 44.3. The average molecular weight is 998 g/mol. The van der Waals surface area contributed by atoms with Crippen molar-refractivity contribution in [3.8, 4) is 11.1 Å². The molecule has 19 heteroatoms. The Labute approximate surface area is 420 Å². The fraction of sp³-hybridized carbons (Fsp3) is 0.635. The molecular weight excluding hydrogens is 915 g/mol.